The summed E-state index contributed by atoms with van der Waals surface area (Å²) in [5.41, 5.74) is 3.10. The lowest BCUT2D eigenvalue weighted by Crippen LogP contribution is -2.41. The molecule has 2 N–H and O–H groups in total. The van der Waals surface area contributed by atoms with Gasteiger partial charge in [0.15, 0.2) is 0 Å². The van der Waals surface area contributed by atoms with Gasteiger partial charge in [0.2, 0.25) is 0 Å². The summed E-state index contributed by atoms with van der Waals surface area (Å²) in [6.07, 6.45) is 0.437. The van der Waals surface area contributed by atoms with E-state index in [4.69, 9.17) is 0 Å². The first kappa shape index (κ1) is 16.9. The first-order valence-electron chi connectivity index (χ1n) is 8.36. The Morgan fingerprint density at radius 2 is 1.20 bits per heavy atom. The molecular weight excluding hydrogens is 310 g/mol. The summed E-state index contributed by atoms with van der Waals surface area (Å²) in [4.78, 5) is 11.8. The molecule has 3 aromatic carbocycles. The largest absolute Gasteiger partial charge is 0.480 e. The molecule has 3 aromatic rings. The zero-order valence-electron chi connectivity index (χ0n) is 13.9. The van der Waals surface area contributed by atoms with Gasteiger partial charge in [-0.15, -0.1) is 0 Å². The molecule has 0 saturated carbocycles. The van der Waals surface area contributed by atoms with Crippen LogP contribution >= 0.6 is 0 Å². The zero-order valence-corrected chi connectivity index (χ0v) is 13.9. The van der Waals surface area contributed by atoms with E-state index >= 15 is 0 Å². The van der Waals surface area contributed by atoms with Crippen LogP contribution in [-0.2, 0) is 11.2 Å². The minimum atomic E-state index is -0.847. The van der Waals surface area contributed by atoms with E-state index in [0.29, 0.717) is 6.42 Å². The maximum absolute atomic E-state index is 11.8. The third kappa shape index (κ3) is 4.55. The van der Waals surface area contributed by atoms with Gasteiger partial charge < -0.3 is 5.11 Å². The van der Waals surface area contributed by atoms with Crippen LogP contribution in [0.2, 0.25) is 0 Å². The summed E-state index contributed by atoms with van der Waals surface area (Å²) in [5.74, 6) is -0.847. The fourth-order valence-corrected chi connectivity index (χ4v) is 2.94. The van der Waals surface area contributed by atoms with Crippen molar-refractivity contribution in [1.29, 1.82) is 0 Å². The lowest BCUT2D eigenvalue weighted by Gasteiger charge is -2.24. The number of hydrogen-bond donors (Lipinski definition) is 2. The maximum Gasteiger partial charge on any atom is 0.321 e. The molecule has 0 spiro atoms. The molecular formula is C22H21NO2. The predicted octanol–water partition coefficient (Wildman–Crippen LogP) is 4.06. The van der Waals surface area contributed by atoms with Crippen molar-refractivity contribution >= 4 is 5.97 Å². The van der Waals surface area contributed by atoms with E-state index in [-0.39, 0.29) is 6.04 Å². The van der Waals surface area contributed by atoms with Gasteiger partial charge >= 0.3 is 5.97 Å². The van der Waals surface area contributed by atoms with Crippen molar-refractivity contribution in [3.8, 4) is 0 Å². The number of carboxylic acid groups (broad SMARTS) is 1. The molecule has 0 radical (unpaired) electrons. The summed E-state index contributed by atoms with van der Waals surface area (Å²) in [6.45, 7) is 0. The molecule has 1 atom stereocenters. The molecule has 126 valence electrons. The number of rotatable bonds is 7. The maximum atomic E-state index is 11.8. The molecule has 0 aromatic heterocycles. The van der Waals surface area contributed by atoms with Crippen LogP contribution in [0.25, 0.3) is 0 Å². The highest BCUT2D eigenvalue weighted by Crippen LogP contribution is 2.23. The van der Waals surface area contributed by atoms with Crippen molar-refractivity contribution in [2.24, 2.45) is 0 Å². The average molecular weight is 331 g/mol. The van der Waals surface area contributed by atoms with Crippen molar-refractivity contribution in [1.82, 2.24) is 5.32 Å². The fraction of sp³-hybridized carbons (Fsp3) is 0.136. The van der Waals surface area contributed by atoms with Crippen LogP contribution in [0.15, 0.2) is 91.0 Å². The van der Waals surface area contributed by atoms with Crippen molar-refractivity contribution in [2.75, 3.05) is 0 Å². The molecule has 0 bridgehead atoms. The Kier molecular flexibility index (Phi) is 5.60. The molecule has 0 saturated heterocycles. The Labute approximate surface area is 148 Å². The van der Waals surface area contributed by atoms with Gasteiger partial charge in [-0.1, -0.05) is 91.0 Å². The molecule has 0 heterocycles. The molecule has 0 unspecified atom stereocenters. The fourth-order valence-electron chi connectivity index (χ4n) is 2.94. The summed E-state index contributed by atoms with van der Waals surface area (Å²) in [5, 5.41) is 13.0. The van der Waals surface area contributed by atoms with Crippen LogP contribution in [0.4, 0.5) is 0 Å². The Hall–Kier alpha value is -2.91. The van der Waals surface area contributed by atoms with Gasteiger partial charge in [0.1, 0.15) is 6.04 Å². The van der Waals surface area contributed by atoms with Crippen molar-refractivity contribution in [2.45, 2.75) is 18.5 Å². The Morgan fingerprint density at radius 1 is 0.760 bits per heavy atom. The minimum absolute atomic E-state index is 0.174. The average Bonchev–Trinajstić information content (AvgIpc) is 2.67. The second-order valence-electron chi connectivity index (χ2n) is 6.00. The summed E-state index contributed by atoms with van der Waals surface area (Å²) in [6, 6.07) is 28.8. The van der Waals surface area contributed by atoms with Crippen LogP contribution in [0.3, 0.4) is 0 Å². The first-order valence-corrected chi connectivity index (χ1v) is 8.36. The highest BCUT2D eigenvalue weighted by atomic mass is 16.4. The van der Waals surface area contributed by atoms with Gasteiger partial charge in [-0.2, -0.15) is 0 Å². The van der Waals surface area contributed by atoms with Gasteiger partial charge in [0.25, 0.3) is 0 Å². The smallest absolute Gasteiger partial charge is 0.321 e. The molecule has 3 heteroatoms. The Bertz CT molecular complexity index is 749. The second-order valence-corrected chi connectivity index (χ2v) is 6.00. The lowest BCUT2D eigenvalue weighted by molar-refractivity contribution is -0.139. The van der Waals surface area contributed by atoms with E-state index in [9.17, 15) is 9.90 Å². The van der Waals surface area contributed by atoms with E-state index in [1.807, 2.05) is 91.0 Å². The van der Waals surface area contributed by atoms with E-state index in [0.717, 1.165) is 16.7 Å². The number of nitrogens with one attached hydrogen (secondary N) is 1. The van der Waals surface area contributed by atoms with Gasteiger partial charge in [0, 0.05) is 0 Å². The number of benzene rings is 3. The van der Waals surface area contributed by atoms with Gasteiger partial charge in [-0.05, 0) is 23.1 Å². The summed E-state index contributed by atoms with van der Waals surface area (Å²) >= 11 is 0. The zero-order chi connectivity index (χ0) is 17.5. The molecule has 0 aliphatic carbocycles. The number of carboxylic acids is 1. The van der Waals surface area contributed by atoms with Crippen LogP contribution < -0.4 is 5.32 Å². The molecule has 0 aliphatic rings. The number of hydrogen-bond acceptors (Lipinski definition) is 2. The lowest BCUT2D eigenvalue weighted by atomic mass is 9.96. The third-order valence-electron chi connectivity index (χ3n) is 4.21. The normalized spacial score (nSPS) is 12.0. The summed E-state index contributed by atoms with van der Waals surface area (Å²) < 4.78 is 0. The van der Waals surface area contributed by atoms with Gasteiger partial charge in [-0.25, -0.2) is 0 Å². The van der Waals surface area contributed by atoms with E-state index in [1.54, 1.807) is 0 Å². The topological polar surface area (TPSA) is 49.3 Å². The highest BCUT2D eigenvalue weighted by molar-refractivity contribution is 5.74. The van der Waals surface area contributed by atoms with Crippen molar-refractivity contribution in [3.63, 3.8) is 0 Å². The van der Waals surface area contributed by atoms with Crippen LogP contribution in [0, 0.1) is 0 Å². The van der Waals surface area contributed by atoms with Gasteiger partial charge in [-0.3, -0.25) is 10.1 Å². The molecule has 25 heavy (non-hydrogen) atoms. The second kappa shape index (κ2) is 8.27. The standard InChI is InChI=1S/C22H21NO2/c24-22(25)20(16-17-10-4-1-5-11-17)23-21(18-12-6-2-7-13-18)19-14-8-3-9-15-19/h1-15,20-21,23H,16H2,(H,24,25)/t20-/m0/s1. The van der Waals surface area contributed by atoms with Crippen LogP contribution in [0.1, 0.15) is 22.7 Å². The number of carbonyl (C=O) groups is 1. The van der Waals surface area contributed by atoms with E-state index in [1.165, 1.54) is 0 Å². The van der Waals surface area contributed by atoms with Crippen molar-refractivity contribution in [3.05, 3.63) is 108 Å². The SMILES string of the molecule is O=C(O)[C@H](Cc1ccccc1)NC(c1ccccc1)c1ccccc1. The first-order chi connectivity index (χ1) is 12.2. The quantitative estimate of drug-likeness (QED) is 0.686. The molecule has 0 fully saturated rings. The molecule has 3 nitrogen and oxygen atoms in total. The third-order valence-corrected chi connectivity index (χ3v) is 4.21. The van der Waals surface area contributed by atoms with Crippen LogP contribution in [-0.4, -0.2) is 17.1 Å². The van der Waals surface area contributed by atoms with E-state index in [2.05, 4.69) is 5.32 Å². The molecule has 3 rings (SSSR count). The Morgan fingerprint density at radius 3 is 1.64 bits per heavy atom. The number of aliphatic carboxylic acids is 1. The molecule has 0 amide bonds. The molecule has 0 aliphatic heterocycles. The highest BCUT2D eigenvalue weighted by Gasteiger charge is 2.24. The van der Waals surface area contributed by atoms with Gasteiger partial charge in [0.05, 0.1) is 6.04 Å². The monoisotopic (exact) mass is 331 g/mol. The Balaban J connectivity index is 1.88. The summed E-state index contributed by atoms with van der Waals surface area (Å²) in [7, 11) is 0. The van der Waals surface area contributed by atoms with E-state index < -0.39 is 12.0 Å². The van der Waals surface area contributed by atoms with Crippen molar-refractivity contribution < 1.29 is 9.90 Å². The van der Waals surface area contributed by atoms with Crippen LogP contribution in [0.5, 0.6) is 0 Å². The minimum Gasteiger partial charge on any atom is -0.480 e. The predicted molar refractivity (Wildman–Crippen MR) is 99.4 cm³/mol.